The summed E-state index contributed by atoms with van der Waals surface area (Å²) in [6, 6.07) is 0.459. The van der Waals surface area contributed by atoms with Gasteiger partial charge in [0.05, 0.1) is 17.3 Å². The molecule has 0 amide bonds. The van der Waals surface area contributed by atoms with Crippen LogP contribution < -0.4 is 0 Å². The predicted molar refractivity (Wildman–Crippen MR) is 55.2 cm³/mol. The van der Waals surface area contributed by atoms with Gasteiger partial charge in [-0.2, -0.15) is 0 Å². The number of aliphatic hydroxyl groups is 1. The molecule has 2 fully saturated rings. The molecule has 1 unspecified atom stereocenters. The SMILES string of the molecule is CC1(C)CC(N2CC(O)C2)C(C)(C)O1. The summed E-state index contributed by atoms with van der Waals surface area (Å²) in [6.45, 7) is 10.2. The smallest absolute Gasteiger partial charge is 0.0794 e. The van der Waals surface area contributed by atoms with Gasteiger partial charge in [-0.05, 0) is 34.1 Å². The molecule has 82 valence electrons. The Kier molecular flexibility index (Phi) is 2.18. The standard InChI is InChI=1S/C11H21NO2/c1-10(2)5-9(11(3,4)14-10)12-6-8(13)7-12/h8-9,13H,5-7H2,1-4H3. The normalized spacial score (nSPS) is 37.1. The molecule has 2 saturated heterocycles. The van der Waals surface area contributed by atoms with E-state index >= 15 is 0 Å². The highest BCUT2D eigenvalue weighted by Gasteiger charge is 2.50. The molecular formula is C11H21NO2. The van der Waals surface area contributed by atoms with Gasteiger partial charge in [-0.15, -0.1) is 0 Å². The van der Waals surface area contributed by atoms with Gasteiger partial charge in [-0.3, -0.25) is 4.90 Å². The monoisotopic (exact) mass is 199 g/mol. The van der Waals surface area contributed by atoms with Crippen molar-refractivity contribution in [2.24, 2.45) is 0 Å². The fraction of sp³-hybridized carbons (Fsp3) is 1.00. The van der Waals surface area contributed by atoms with Crippen LogP contribution in [0.4, 0.5) is 0 Å². The van der Waals surface area contributed by atoms with Gasteiger partial charge in [0, 0.05) is 19.1 Å². The van der Waals surface area contributed by atoms with Crippen molar-refractivity contribution in [1.29, 1.82) is 0 Å². The first-order valence-corrected chi connectivity index (χ1v) is 5.42. The Morgan fingerprint density at radius 1 is 1.21 bits per heavy atom. The number of ether oxygens (including phenoxy) is 1. The van der Waals surface area contributed by atoms with Crippen molar-refractivity contribution >= 4 is 0 Å². The second-order valence-corrected chi connectivity index (χ2v) is 5.79. The summed E-state index contributed by atoms with van der Waals surface area (Å²) >= 11 is 0. The summed E-state index contributed by atoms with van der Waals surface area (Å²) in [4.78, 5) is 2.33. The third kappa shape index (κ3) is 1.69. The van der Waals surface area contributed by atoms with Gasteiger partial charge in [0.25, 0.3) is 0 Å². The summed E-state index contributed by atoms with van der Waals surface area (Å²) in [5.41, 5.74) is -0.0989. The molecule has 0 aromatic rings. The Morgan fingerprint density at radius 2 is 1.79 bits per heavy atom. The number of likely N-dealkylation sites (tertiary alicyclic amines) is 1. The molecule has 1 N–H and O–H groups in total. The van der Waals surface area contributed by atoms with E-state index in [0.717, 1.165) is 19.5 Å². The average molecular weight is 199 g/mol. The summed E-state index contributed by atoms with van der Waals surface area (Å²) in [6.07, 6.45) is 0.946. The maximum absolute atomic E-state index is 9.30. The largest absolute Gasteiger partial charge is 0.390 e. The fourth-order valence-corrected chi connectivity index (χ4v) is 2.84. The van der Waals surface area contributed by atoms with Crippen LogP contribution in [0.1, 0.15) is 34.1 Å². The van der Waals surface area contributed by atoms with E-state index in [1.54, 1.807) is 0 Å². The number of aliphatic hydroxyl groups excluding tert-OH is 1. The molecule has 2 rings (SSSR count). The Labute approximate surface area is 86.0 Å². The summed E-state index contributed by atoms with van der Waals surface area (Å²) in [7, 11) is 0. The molecule has 3 heteroatoms. The topological polar surface area (TPSA) is 32.7 Å². The van der Waals surface area contributed by atoms with Crippen LogP contribution in [0.3, 0.4) is 0 Å². The molecular weight excluding hydrogens is 178 g/mol. The van der Waals surface area contributed by atoms with Gasteiger partial charge in [0.2, 0.25) is 0 Å². The maximum atomic E-state index is 9.30. The third-order valence-electron chi connectivity index (χ3n) is 3.36. The van der Waals surface area contributed by atoms with Crippen molar-refractivity contribution in [2.75, 3.05) is 13.1 Å². The zero-order chi connectivity index (χ0) is 10.6. The van der Waals surface area contributed by atoms with Crippen LogP contribution >= 0.6 is 0 Å². The van der Waals surface area contributed by atoms with Crippen molar-refractivity contribution in [3.63, 3.8) is 0 Å². The number of β-amino-alcohol motifs (C(OH)–C–C–N with tert-alkyl or cyclic N) is 1. The highest BCUT2D eigenvalue weighted by molar-refractivity contribution is 5.03. The van der Waals surface area contributed by atoms with E-state index in [1.165, 1.54) is 0 Å². The van der Waals surface area contributed by atoms with Crippen molar-refractivity contribution in [2.45, 2.75) is 57.5 Å². The minimum absolute atomic E-state index is 0.0191. The van der Waals surface area contributed by atoms with Gasteiger partial charge >= 0.3 is 0 Å². The molecule has 2 heterocycles. The van der Waals surface area contributed by atoms with Gasteiger partial charge < -0.3 is 9.84 Å². The van der Waals surface area contributed by atoms with Crippen LogP contribution in [0.25, 0.3) is 0 Å². The van der Waals surface area contributed by atoms with Crippen LogP contribution in [0.15, 0.2) is 0 Å². The van der Waals surface area contributed by atoms with Gasteiger partial charge in [0.1, 0.15) is 0 Å². The Morgan fingerprint density at radius 3 is 2.14 bits per heavy atom. The maximum Gasteiger partial charge on any atom is 0.0794 e. The number of hydrogen-bond donors (Lipinski definition) is 1. The van der Waals surface area contributed by atoms with Crippen LogP contribution in [0.5, 0.6) is 0 Å². The van der Waals surface area contributed by atoms with E-state index in [0.29, 0.717) is 6.04 Å². The van der Waals surface area contributed by atoms with E-state index in [1.807, 2.05) is 0 Å². The third-order valence-corrected chi connectivity index (χ3v) is 3.36. The molecule has 0 aromatic carbocycles. The lowest BCUT2D eigenvalue weighted by Gasteiger charge is -2.44. The first-order chi connectivity index (χ1) is 6.30. The average Bonchev–Trinajstić information content (AvgIpc) is 2.12. The van der Waals surface area contributed by atoms with Gasteiger partial charge in [-0.25, -0.2) is 0 Å². The minimum atomic E-state index is -0.116. The predicted octanol–water partition coefficient (Wildman–Crippen LogP) is 1.01. The highest BCUT2D eigenvalue weighted by Crippen LogP contribution is 2.41. The molecule has 0 spiro atoms. The number of hydrogen-bond acceptors (Lipinski definition) is 3. The lowest BCUT2D eigenvalue weighted by Crippen LogP contribution is -2.59. The van der Waals surface area contributed by atoms with Gasteiger partial charge in [0.15, 0.2) is 0 Å². The summed E-state index contributed by atoms with van der Waals surface area (Å²) < 4.78 is 6.02. The van der Waals surface area contributed by atoms with Gasteiger partial charge in [-0.1, -0.05) is 0 Å². The van der Waals surface area contributed by atoms with Crippen LogP contribution in [-0.2, 0) is 4.74 Å². The Hall–Kier alpha value is -0.120. The molecule has 0 aromatic heterocycles. The quantitative estimate of drug-likeness (QED) is 0.684. The van der Waals surface area contributed by atoms with E-state index < -0.39 is 0 Å². The molecule has 1 atom stereocenters. The van der Waals surface area contributed by atoms with E-state index in [2.05, 4.69) is 32.6 Å². The molecule has 0 bridgehead atoms. The fourth-order valence-electron chi connectivity index (χ4n) is 2.84. The lowest BCUT2D eigenvalue weighted by atomic mass is 9.90. The summed E-state index contributed by atoms with van der Waals surface area (Å²) in [5, 5.41) is 9.30. The van der Waals surface area contributed by atoms with Crippen molar-refractivity contribution < 1.29 is 9.84 Å². The molecule has 0 radical (unpaired) electrons. The number of rotatable bonds is 1. The second kappa shape index (κ2) is 2.94. The van der Waals surface area contributed by atoms with E-state index in [4.69, 9.17) is 4.74 Å². The van der Waals surface area contributed by atoms with Crippen molar-refractivity contribution in [3.05, 3.63) is 0 Å². The zero-order valence-corrected chi connectivity index (χ0v) is 9.58. The molecule has 2 aliphatic heterocycles. The summed E-state index contributed by atoms with van der Waals surface area (Å²) in [5.74, 6) is 0. The van der Waals surface area contributed by atoms with Crippen molar-refractivity contribution in [1.82, 2.24) is 4.90 Å². The molecule has 3 nitrogen and oxygen atoms in total. The Balaban J connectivity index is 2.05. The first kappa shape index (κ1) is 10.4. The minimum Gasteiger partial charge on any atom is -0.390 e. The van der Waals surface area contributed by atoms with E-state index in [-0.39, 0.29) is 17.3 Å². The van der Waals surface area contributed by atoms with E-state index in [9.17, 15) is 5.11 Å². The Bertz CT molecular complexity index is 231. The lowest BCUT2D eigenvalue weighted by molar-refractivity contribution is -0.102. The van der Waals surface area contributed by atoms with Crippen LogP contribution in [0.2, 0.25) is 0 Å². The zero-order valence-electron chi connectivity index (χ0n) is 9.58. The van der Waals surface area contributed by atoms with Crippen LogP contribution in [-0.4, -0.2) is 46.4 Å². The number of nitrogens with zero attached hydrogens (tertiary/aromatic N) is 1. The molecule has 0 aliphatic carbocycles. The highest BCUT2D eigenvalue weighted by atomic mass is 16.5. The molecule has 14 heavy (non-hydrogen) atoms. The second-order valence-electron chi connectivity index (χ2n) is 5.79. The molecule has 2 aliphatic rings. The first-order valence-electron chi connectivity index (χ1n) is 5.42. The van der Waals surface area contributed by atoms with Crippen LogP contribution in [0, 0.1) is 0 Å². The van der Waals surface area contributed by atoms with Crippen molar-refractivity contribution in [3.8, 4) is 0 Å². The molecule has 0 saturated carbocycles.